The lowest BCUT2D eigenvalue weighted by Crippen LogP contribution is -2.46. The van der Waals surface area contributed by atoms with E-state index < -0.39 is 10.2 Å². The average molecular weight is 356 g/mol. The van der Waals surface area contributed by atoms with Gasteiger partial charge in [0.1, 0.15) is 17.6 Å². The van der Waals surface area contributed by atoms with Crippen LogP contribution < -0.4 is 14.2 Å². The fourth-order valence-corrected chi connectivity index (χ4v) is 4.11. The zero-order valence-corrected chi connectivity index (χ0v) is 14.9. The van der Waals surface area contributed by atoms with Crippen LogP contribution in [0.5, 0.6) is 11.5 Å². The molecule has 0 saturated carbocycles. The molecule has 0 unspecified atom stereocenters. The minimum absolute atomic E-state index is 0.134. The number of rotatable bonds is 6. The molecule has 1 aromatic rings. The van der Waals surface area contributed by atoms with Crippen LogP contribution in [0.1, 0.15) is 25.0 Å². The van der Waals surface area contributed by atoms with E-state index in [0.717, 1.165) is 23.3 Å². The second-order valence-electron chi connectivity index (χ2n) is 5.97. The van der Waals surface area contributed by atoms with Gasteiger partial charge in [-0.25, -0.2) is 0 Å². The van der Waals surface area contributed by atoms with Crippen molar-refractivity contribution in [3.8, 4) is 11.5 Å². The first kappa shape index (κ1) is 17.5. The van der Waals surface area contributed by atoms with Crippen molar-refractivity contribution in [2.24, 2.45) is 0 Å². The Kier molecular flexibility index (Phi) is 5.29. The molecule has 7 nitrogen and oxygen atoms in total. The van der Waals surface area contributed by atoms with Gasteiger partial charge in [0.25, 0.3) is 10.2 Å². The van der Waals surface area contributed by atoms with Crippen molar-refractivity contribution in [2.45, 2.75) is 32.9 Å². The van der Waals surface area contributed by atoms with Crippen molar-refractivity contribution < 1.29 is 22.6 Å². The van der Waals surface area contributed by atoms with Crippen molar-refractivity contribution >= 4 is 10.2 Å². The molecule has 1 atom stereocenters. The Balaban J connectivity index is 1.75. The third kappa shape index (κ3) is 3.83. The van der Waals surface area contributed by atoms with Gasteiger partial charge in [-0.2, -0.15) is 17.4 Å². The van der Waals surface area contributed by atoms with Gasteiger partial charge in [-0.05, 0) is 26.0 Å². The summed E-state index contributed by atoms with van der Waals surface area (Å²) in [5.41, 5.74) is 1.88. The standard InChI is InChI=1S/C16H24N2O5S/c1-3-22-15-9-13-8-12(2)23-16(13)10-14(15)11-17-24(19,20)18-4-6-21-7-5-18/h9-10,12,17H,3-8,11H2,1-2H3/t12-/m0/s1. The second kappa shape index (κ2) is 7.26. The molecule has 2 aliphatic rings. The minimum atomic E-state index is -3.53. The van der Waals surface area contributed by atoms with E-state index in [-0.39, 0.29) is 12.6 Å². The molecule has 0 aromatic heterocycles. The van der Waals surface area contributed by atoms with Crippen LogP contribution in [0.25, 0.3) is 0 Å². The quantitative estimate of drug-likeness (QED) is 0.825. The molecule has 0 bridgehead atoms. The van der Waals surface area contributed by atoms with Crippen LogP contribution in [0.2, 0.25) is 0 Å². The van der Waals surface area contributed by atoms with Crippen LogP contribution in [-0.2, 0) is 27.9 Å². The van der Waals surface area contributed by atoms with Crippen molar-refractivity contribution in [1.29, 1.82) is 0 Å². The van der Waals surface area contributed by atoms with Crippen LogP contribution in [0.15, 0.2) is 12.1 Å². The molecule has 0 spiro atoms. The average Bonchev–Trinajstić information content (AvgIpc) is 2.93. The molecule has 8 heteroatoms. The first-order valence-electron chi connectivity index (χ1n) is 8.27. The number of hydrogen-bond acceptors (Lipinski definition) is 5. The van der Waals surface area contributed by atoms with E-state index in [1.807, 2.05) is 26.0 Å². The van der Waals surface area contributed by atoms with Gasteiger partial charge in [0, 0.05) is 37.2 Å². The predicted octanol–water partition coefficient (Wildman–Crippen LogP) is 1.08. The monoisotopic (exact) mass is 356 g/mol. The number of fused-ring (bicyclic) bond motifs is 1. The van der Waals surface area contributed by atoms with E-state index in [1.165, 1.54) is 4.31 Å². The maximum atomic E-state index is 12.4. The van der Waals surface area contributed by atoms with Gasteiger partial charge >= 0.3 is 0 Å². The summed E-state index contributed by atoms with van der Waals surface area (Å²) in [6.45, 7) is 6.22. The second-order valence-corrected chi connectivity index (χ2v) is 7.73. The fraction of sp³-hybridized carbons (Fsp3) is 0.625. The van der Waals surface area contributed by atoms with E-state index in [9.17, 15) is 8.42 Å². The SMILES string of the molecule is CCOc1cc2c(cc1CNS(=O)(=O)N1CCOCC1)O[C@@H](C)C2. The van der Waals surface area contributed by atoms with Crippen molar-refractivity contribution in [2.75, 3.05) is 32.9 Å². The number of benzene rings is 1. The summed E-state index contributed by atoms with van der Waals surface area (Å²) in [5, 5.41) is 0. The van der Waals surface area contributed by atoms with E-state index in [2.05, 4.69) is 4.72 Å². The molecule has 1 saturated heterocycles. The molecule has 3 rings (SSSR count). The highest BCUT2D eigenvalue weighted by molar-refractivity contribution is 7.87. The van der Waals surface area contributed by atoms with Gasteiger partial charge in [-0.15, -0.1) is 0 Å². The Morgan fingerprint density at radius 1 is 1.33 bits per heavy atom. The highest BCUT2D eigenvalue weighted by Gasteiger charge is 2.26. The minimum Gasteiger partial charge on any atom is -0.494 e. The van der Waals surface area contributed by atoms with Crippen molar-refractivity contribution in [3.05, 3.63) is 23.3 Å². The first-order chi connectivity index (χ1) is 11.5. The molecule has 1 fully saturated rings. The number of nitrogens with one attached hydrogen (secondary N) is 1. The summed E-state index contributed by atoms with van der Waals surface area (Å²) >= 11 is 0. The summed E-state index contributed by atoms with van der Waals surface area (Å²) in [6, 6.07) is 3.84. The van der Waals surface area contributed by atoms with Crippen LogP contribution in [0, 0.1) is 0 Å². The molecule has 24 heavy (non-hydrogen) atoms. The van der Waals surface area contributed by atoms with Gasteiger partial charge in [-0.3, -0.25) is 0 Å². The lowest BCUT2D eigenvalue weighted by molar-refractivity contribution is 0.0724. The summed E-state index contributed by atoms with van der Waals surface area (Å²) in [5.74, 6) is 1.52. The van der Waals surface area contributed by atoms with Gasteiger partial charge in [0.15, 0.2) is 0 Å². The van der Waals surface area contributed by atoms with Crippen molar-refractivity contribution in [1.82, 2.24) is 9.03 Å². The van der Waals surface area contributed by atoms with E-state index in [1.54, 1.807) is 0 Å². The lowest BCUT2D eigenvalue weighted by Gasteiger charge is -2.26. The Labute approximate surface area is 143 Å². The van der Waals surface area contributed by atoms with Crippen LogP contribution >= 0.6 is 0 Å². The predicted molar refractivity (Wildman–Crippen MR) is 89.6 cm³/mol. The Morgan fingerprint density at radius 3 is 2.79 bits per heavy atom. The molecule has 134 valence electrons. The Bertz CT molecular complexity index is 686. The topological polar surface area (TPSA) is 77.1 Å². The maximum Gasteiger partial charge on any atom is 0.279 e. The molecule has 0 amide bonds. The van der Waals surface area contributed by atoms with E-state index >= 15 is 0 Å². The molecular weight excluding hydrogens is 332 g/mol. The lowest BCUT2D eigenvalue weighted by atomic mass is 10.1. The van der Waals surface area contributed by atoms with Gasteiger partial charge in [0.05, 0.1) is 19.8 Å². The Hall–Kier alpha value is -1.35. The van der Waals surface area contributed by atoms with Crippen LogP contribution in [0.4, 0.5) is 0 Å². The highest BCUT2D eigenvalue weighted by atomic mass is 32.2. The third-order valence-corrected chi connectivity index (χ3v) is 5.69. The number of hydrogen-bond donors (Lipinski definition) is 1. The molecular formula is C16H24N2O5S. The number of ether oxygens (including phenoxy) is 3. The van der Waals surface area contributed by atoms with Gasteiger partial charge in [-0.1, -0.05) is 0 Å². The largest absolute Gasteiger partial charge is 0.494 e. The molecule has 0 radical (unpaired) electrons. The van der Waals surface area contributed by atoms with Crippen LogP contribution in [0.3, 0.4) is 0 Å². The molecule has 0 aliphatic carbocycles. The molecule has 1 N–H and O–H groups in total. The summed E-state index contributed by atoms with van der Waals surface area (Å²) < 4.78 is 45.5. The normalized spacial score (nSPS) is 21.3. The molecule has 2 aliphatic heterocycles. The zero-order chi connectivity index (χ0) is 17.2. The number of nitrogens with zero attached hydrogens (tertiary/aromatic N) is 1. The maximum absolute atomic E-state index is 12.4. The van der Waals surface area contributed by atoms with Crippen molar-refractivity contribution in [3.63, 3.8) is 0 Å². The highest BCUT2D eigenvalue weighted by Crippen LogP contribution is 2.35. The molecule has 1 aromatic carbocycles. The smallest absolute Gasteiger partial charge is 0.279 e. The summed E-state index contributed by atoms with van der Waals surface area (Å²) in [6.07, 6.45) is 0.976. The number of morpholine rings is 1. The van der Waals surface area contributed by atoms with E-state index in [4.69, 9.17) is 14.2 Å². The Morgan fingerprint density at radius 2 is 2.08 bits per heavy atom. The van der Waals surface area contributed by atoms with Gasteiger partial charge < -0.3 is 14.2 Å². The first-order valence-corrected chi connectivity index (χ1v) is 9.71. The van der Waals surface area contributed by atoms with Crippen LogP contribution in [-0.4, -0.2) is 51.7 Å². The van der Waals surface area contributed by atoms with Gasteiger partial charge in [0.2, 0.25) is 0 Å². The summed E-state index contributed by atoms with van der Waals surface area (Å²) in [4.78, 5) is 0. The van der Waals surface area contributed by atoms with E-state index in [0.29, 0.717) is 38.7 Å². The fourth-order valence-electron chi connectivity index (χ4n) is 2.96. The molecule has 2 heterocycles. The zero-order valence-electron chi connectivity index (χ0n) is 14.1. The summed E-state index contributed by atoms with van der Waals surface area (Å²) in [7, 11) is -3.53. The third-order valence-electron chi connectivity index (χ3n) is 4.13.